The van der Waals surface area contributed by atoms with Gasteiger partial charge in [0.25, 0.3) is 0 Å². The van der Waals surface area contributed by atoms with Gasteiger partial charge in [-0.15, -0.1) is 0 Å². The molecule has 1 atom stereocenters. The Morgan fingerprint density at radius 1 is 1.16 bits per heavy atom. The van der Waals surface area contributed by atoms with Crippen molar-refractivity contribution in [2.45, 2.75) is 77.4 Å². The number of hydrogen-bond donors (Lipinski definition) is 1. The number of nitrogens with zero attached hydrogens (tertiary/aromatic N) is 1. The van der Waals surface area contributed by atoms with Crippen molar-refractivity contribution in [1.29, 1.82) is 0 Å². The van der Waals surface area contributed by atoms with Crippen molar-refractivity contribution in [3.05, 3.63) is 70.0 Å². The van der Waals surface area contributed by atoms with E-state index < -0.39 is 11.9 Å². The number of carbonyl (C=O) groups is 2. The summed E-state index contributed by atoms with van der Waals surface area (Å²) in [5, 5.41) is 3.37. The Morgan fingerprint density at radius 2 is 1.88 bits per heavy atom. The van der Waals surface area contributed by atoms with E-state index in [9.17, 15) is 14.0 Å². The minimum atomic E-state index is -0.629. The van der Waals surface area contributed by atoms with E-state index in [1.54, 1.807) is 11.0 Å². The Bertz CT molecular complexity index is 923. The molecule has 1 N–H and O–H groups in total. The Hall–Kier alpha value is -2.40. The second-order valence-corrected chi connectivity index (χ2v) is 9.06. The lowest BCUT2D eigenvalue weighted by atomic mass is 9.95. The molecule has 32 heavy (non-hydrogen) atoms. The molecule has 0 aliphatic heterocycles. The van der Waals surface area contributed by atoms with E-state index in [0.717, 1.165) is 36.8 Å². The summed E-state index contributed by atoms with van der Waals surface area (Å²) in [4.78, 5) is 28.2. The number of halogens is 2. The molecule has 0 saturated heterocycles. The number of benzene rings is 2. The molecule has 172 valence electrons. The highest BCUT2D eigenvalue weighted by molar-refractivity contribution is 6.31. The molecule has 1 fully saturated rings. The summed E-state index contributed by atoms with van der Waals surface area (Å²) in [5.41, 5.74) is 2.17. The van der Waals surface area contributed by atoms with Crippen molar-refractivity contribution in [3.63, 3.8) is 0 Å². The first-order chi connectivity index (χ1) is 15.4. The Morgan fingerprint density at radius 3 is 2.53 bits per heavy atom. The van der Waals surface area contributed by atoms with Crippen LogP contribution in [0.1, 0.15) is 62.1 Å². The third kappa shape index (κ3) is 6.32. The molecule has 6 heteroatoms. The molecule has 2 amide bonds. The van der Waals surface area contributed by atoms with Gasteiger partial charge in [-0.3, -0.25) is 9.59 Å². The SMILES string of the molecule is CCC(C(=O)NC1CCCCC1)N(Cc1cccc(C)c1)C(=O)Cc1c(F)cccc1Cl. The average molecular weight is 459 g/mol. The monoisotopic (exact) mass is 458 g/mol. The van der Waals surface area contributed by atoms with Crippen LogP contribution in [0.4, 0.5) is 4.39 Å². The highest BCUT2D eigenvalue weighted by atomic mass is 35.5. The van der Waals surface area contributed by atoms with Crippen LogP contribution in [-0.2, 0) is 22.6 Å². The fraction of sp³-hybridized carbons (Fsp3) is 0.462. The van der Waals surface area contributed by atoms with Gasteiger partial charge in [0.05, 0.1) is 6.42 Å². The van der Waals surface area contributed by atoms with Gasteiger partial charge in [-0.2, -0.15) is 0 Å². The number of hydrogen-bond acceptors (Lipinski definition) is 2. The molecule has 1 unspecified atom stereocenters. The maximum absolute atomic E-state index is 14.4. The van der Waals surface area contributed by atoms with Crippen LogP contribution in [0.2, 0.25) is 5.02 Å². The normalized spacial score (nSPS) is 15.2. The molecule has 0 spiro atoms. The molecule has 0 radical (unpaired) electrons. The number of rotatable bonds is 8. The first-order valence-electron chi connectivity index (χ1n) is 11.5. The van der Waals surface area contributed by atoms with Crippen LogP contribution in [0.15, 0.2) is 42.5 Å². The van der Waals surface area contributed by atoms with Crippen LogP contribution < -0.4 is 5.32 Å². The molecular weight excluding hydrogens is 427 g/mol. The second-order valence-electron chi connectivity index (χ2n) is 8.66. The zero-order valence-corrected chi connectivity index (χ0v) is 19.6. The van der Waals surface area contributed by atoms with Crippen LogP contribution in [0, 0.1) is 12.7 Å². The first-order valence-corrected chi connectivity index (χ1v) is 11.8. The molecule has 3 rings (SSSR count). The summed E-state index contributed by atoms with van der Waals surface area (Å²) in [6.07, 6.45) is 5.65. The van der Waals surface area contributed by atoms with Crippen molar-refractivity contribution in [2.24, 2.45) is 0 Å². The van der Waals surface area contributed by atoms with E-state index in [2.05, 4.69) is 5.32 Å². The van der Waals surface area contributed by atoms with Gasteiger partial charge in [0.1, 0.15) is 11.9 Å². The fourth-order valence-electron chi connectivity index (χ4n) is 4.42. The van der Waals surface area contributed by atoms with E-state index in [4.69, 9.17) is 11.6 Å². The summed E-state index contributed by atoms with van der Waals surface area (Å²) in [6.45, 7) is 4.17. The van der Waals surface area contributed by atoms with Crippen molar-refractivity contribution in [3.8, 4) is 0 Å². The van der Waals surface area contributed by atoms with Gasteiger partial charge in [0.15, 0.2) is 0 Å². The lowest BCUT2D eigenvalue weighted by Crippen LogP contribution is -2.52. The predicted molar refractivity (Wildman–Crippen MR) is 126 cm³/mol. The van der Waals surface area contributed by atoms with Crippen LogP contribution in [0.5, 0.6) is 0 Å². The number of nitrogens with one attached hydrogen (secondary N) is 1. The molecule has 0 bridgehead atoms. The van der Waals surface area contributed by atoms with Gasteiger partial charge in [-0.25, -0.2) is 4.39 Å². The summed E-state index contributed by atoms with van der Waals surface area (Å²) < 4.78 is 14.4. The fourth-order valence-corrected chi connectivity index (χ4v) is 4.65. The summed E-state index contributed by atoms with van der Waals surface area (Å²) in [7, 11) is 0. The first kappa shape index (κ1) is 24.2. The Balaban J connectivity index is 1.85. The van der Waals surface area contributed by atoms with E-state index in [1.807, 2.05) is 38.1 Å². The lowest BCUT2D eigenvalue weighted by molar-refractivity contribution is -0.141. The minimum Gasteiger partial charge on any atom is -0.352 e. The molecule has 4 nitrogen and oxygen atoms in total. The van der Waals surface area contributed by atoms with E-state index in [-0.39, 0.29) is 41.4 Å². The topological polar surface area (TPSA) is 49.4 Å². The van der Waals surface area contributed by atoms with Gasteiger partial charge in [-0.05, 0) is 43.9 Å². The van der Waals surface area contributed by atoms with Crippen molar-refractivity contribution in [1.82, 2.24) is 10.2 Å². The van der Waals surface area contributed by atoms with Crippen LogP contribution in [0.3, 0.4) is 0 Å². The molecule has 0 aromatic heterocycles. The van der Waals surface area contributed by atoms with Crippen molar-refractivity contribution >= 4 is 23.4 Å². The molecule has 0 heterocycles. The average Bonchev–Trinajstić information content (AvgIpc) is 2.77. The minimum absolute atomic E-state index is 0.139. The van der Waals surface area contributed by atoms with Crippen LogP contribution >= 0.6 is 11.6 Å². The number of aryl methyl sites for hydroxylation is 1. The van der Waals surface area contributed by atoms with E-state index in [0.29, 0.717) is 6.42 Å². The molecule has 1 saturated carbocycles. The second kappa shape index (κ2) is 11.5. The van der Waals surface area contributed by atoms with Gasteiger partial charge < -0.3 is 10.2 Å². The molecule has 2 aromatic rings. The van der Waals surface area contributed by atoms with Crippen molar-refractivity contribution < 1.29 is 14.0 Å². The number of carbonyl (C=O) groups excluding carboxylic acids is 2. The molecule has 1 aliphatic carbocycles. The predicted octanol–water partition coefficient (Wildman–Crippen LogP) is 5.59. The molecule has 1 aliphatic rings. The molecule has 2 aromatic carbocycles. The van der Waals surface area contributed by atoms with Gasteiger partial charge >= 0.3 is 0 Å². The summed E-state index contributed by atoms with van der Waals surface area (Å²) in [5.74, 6) is -0.967. The smallest absolute Gasteiger partial charge is 0.243 e. The quantitative estimate of drug-likeness (QED) is 0.560. The maximum Gasteiger partial charge on any atom is 0.243 e. The van der Waals surface area contributed by atoms with E-state index >= 15 is 0 Å². The van der Waals surface area contributed by atoms with Crippen molar-refractivity contribution in [2.75, 3.05) is 0 Å². The zero-order valence-electron chi connectivity index (χ0n) is 18.9. The van der Waals surface area contributed by atoms with E-state index in [1.165, 1.54) is 18.6 Å². The highest BCUT2D eigenvalue weighted by Gasteiger charge is 2.31. The van der Waals surface area contributed by atoms with Gasteiger partial charge in [0.2, 0.25) is 11.8 Å². The molecular formula is C26H32ClFN2O2. The standard InChI is InChI=1S/C26H32ClFN2O2/c1-3-24(26(32)29-20-11-5-4-6-12-20)30(17-19-10-7-9-18(2)15-19)25(31)16-21-22(27)13-8-14-23(21)28/h7-10,13-15,20,24H,3-6,11-12,16-17H2,1-2H3,(H,29,32). The highest BCUT2D eigenvalue weighted by Crippen LogP contribution is 2.23. The maximum atomic E-state index is 14.4. The number of amides is 2. The third-order valence-electron chi connectivity index (χ3n) is 6.16. The zero-order chi connectivity index (χ0) is 23.1. The lowest BCUT2D eigenvalue weighted by Gasteiger charge is -2.33. The van der Waals surface area contributed by atoms with Gasteiger partial charge in [-0.1, -0.05) is 73.7 Å². The Kier molecular flexibility index (Phi) is 8.68. The third-order valence-corrected chi connectivity index (χ3v) is 6.52. The Labute approximate surface area is 195 Å². The van der Waals surface area contributed by atoms with Crippen LogP contribution in [0.25, 0.3) is 0 Å². The summed E-state index contributed by atoms with van der Waals surface area (Å²) >= 11 is 6.17. The van der Waals surface area contributed by atoms with Crippen LogP contribution in [-0.4, -0.2) is 28.8 Å². The van der Waals surface area contributed by atoms with Gasteiger partial charge in [0, 0.05) is 23.2 Å². The summed E-state index contributed by atoms with van der Waals surface area (Å²) in [6, 6.07) is 11.8. The largest absolute Gasteiger partial charge is 0.352 e.